The zero-order valence-electron chi connectivity index (χ0n) is 7.28. The van der Waals surface area contributed by atoms with E-state index in [1.807, 2.05) is 0 Å². The molecule has 1 rings (SSSR count). The summed E-state index contributed by atoms with van der Waals surface area (Å²) in [6.45, 7) is 4.99. The van der Waals surface area contributed by atoms with Crippen LogP contribution in [-0.4, -0.2) is 11.0 Å². The van der Waals surface area contributed by atoms with E-state index in [-0.39, 0.29) is 0 Å². The lowest BCUT2D eigenvalue weighted by molar-refractivity contribution is -0.129. The summed E-state index contributed by atoms with van der Waals surface area (Å²) in [5.41, 5.74) is 6.00. The summed E-state index contributed by atoms with van der Waals surface area (Å²) in [5.74, 6) is 0.296. The highest BCUT2D eigenvalue weighted by atomic mass is 16.5. The van der Waals surface area contributed by atoms with Crippen LogP contribution in [0.3, 0.4) is 0 Å². The van der Waals surface area contributed by atoms with Crippen molar-refractivity contribution in [1.82, 2.24) is 4.98 Å². The van der Waals surface area contributed by atoms with Gasteiger partial charge in [0.2, 0.25) is 0 Å². The quantitative estimate of drug-likeness (QED) is 0.543. The number of anilines is 1. The number of pyridine rings is 1. The van der Waals surface area contributed by atoms with E-state index in [1.54, 1.807) is 19.1 Å². The molecular weight excluding hydrogens is 168 g/mol. The Labute approximate surface area is 76.0 Å². The predicted octanol–water partition coefficient (Wildman–Crippen LogP) is 1.06. The van der Waals surface area contributed by atoms with Crippen LogP contribution >= 0.6 is 0 Å². The van der Waals surface area contributed by atoms with Crippen LogP contribution in [-0.2, 0) is 4.79 Å². The van der Waals surface area contributed by atoms with Gasteiger partial charge >= 0.3 is 5.97 Å². The van der Waals surface area contributed by atoms with E-state index in [9.17, 15) is 4.79 Å². The zero-order chi connectivity index (χ0) is 9.84. The number of aryl methyl sites for hydroxylation is 1. The molecule has 1 aromatic rings. The van der Waals surface area contributed by atoms with Crippen LogP contribution in [0.5, 0.6) is 5.75 Å². The maximum Gasteiger partial charge on any atom is 0.335 e. The fourth-order valence-corrected chi connectivity index (χ4v) is 0.826. The Morgan fingerprint density at radius 3 is 2.92 bits per heavy atom. The van der Waals surface area contributed by atoms with Gasteiger partial charge in [-0.25, -0.2) is 9.78 Å². The van der Waals surface area contributed by atoms with Crippen LogP contribution in [0, 0.1) is 6.92 Å². The van der Waals surface area contributed by atoms with Crippen LogP contribution in [0.1, 0.15) is 5.69 Å². The molecule has 0 aliphatic carbocycles. The monoisotopic (exact) mass is 178 g/mol. The van der Waals surface area contributed by atoms with Crippen molar-refractivity contribution in [3.8, 4) is 5.75 Å². The molecule has 0 fully saturated rings. The molecule has 1 aromatic heterocycles. The molecule has 2 N–H and O–H groups in total. The zero-order valence-corrected chi connectivity index (χ0v) is 7.28. The first-order valence-electron chi connectivity index (χ1n) is 3.71. The molecule has 68 valence electrons. The van der Waals surface area contributed by atoms with Crippen LogP contribution < -0.4 is 10.5 Å². The van der Waals surface area contributed by atoms with E-state index >= 15 is 0 Å². The molecule has 0 aromatic carbocycles. The number of nitrogens with zero attached hydrogens (tertiary/aromatic N) is 1. The summed E-state index contributed by atoms with van der Waals surface area (Å²) in [5, 5.41) is 0. The van der Waals surface area contributed by atoms with Gasteiger partial charge in [0.1, 0.15) is 5.82 Å². The number of nitrogens with two attached hydrogens (primary N) is 1. The SMILES string of the molecule is C=CC(=O)Oc1ccc(N)nc1C. The minimum atomic E-state index is -0.505. The van der Waals surface area contributed by atoms with Crippen LogP contribution in [0.15, 0.2) is 24.8 Å². The fraction of sp³-hybridized carbons (Fsp3) is 0.111. The highest BCUT2D eigenvalue weighted by molar-refractivity contribution is 5.83. The fourth-order valence-electron chi connectivity index (χ4n) is 0.826. The molecule has 0 radical (unpaired) electrons. The van der Waals surface area contributed by atoms with Crippen molar-refractivity contribution >= 4 is 11.8 Å². The summed E-state index contributed by atoms with van der Waals surface area (Å²) in [7, 11) is 0. The number of rotatable bonds is 2. The normalized spacial score (nSPS) is 9.31. The molecule has 4 nitrogen and oxygen atoms in total. The second-order valence-corrected chi connectivity index (χ2v) is 2.44. The first kappa shape index (κ1) is 9.25. The first-order valence-corrected chi connectivity index (χ1v) is 3.71. The van der Waals surface area contributed by atoms with Crippen LogP contribution in [0.4, 0.5) is 5.82 Å². The van der Waals surface area contributed by atoms with Gasteiger partial charge in [-0.3, -0.25) is 0 Å². The van der Waals surface area contributed by atoms with Crippen molar-refractivity contribution in [2.75, 3.05) is 5.73 Å². The predicted molar refractivity (Wildman–Crippen MR) is 49.2 cm³/mol. The second kappa shape index (κ2) is 3.71. The minimum Gasteiger partial charge on any atom is -0.421 e. The summed E-state index contributed by atoms with van der Waals surface area (Å²) < 4.78 is 4.87. The number of esters is 1. The Kier molecular flexibility index (Phi) is 2.64. The van der Waals surface area contributed by atoms with E-state index in [4.69, 9.17) is 10.5 Å². The molecule has 0 bridgehead atoms. The molecule has 0 saturated carbocycles. The van der Waals surface area contributed by atoms with Gasteiger partial charge in [0.15, 0.2) is 5.75 Å². The third kappa shape index (κ3) is 2.30. The third-order valence-electron chi connectivity index (χ3n) is 1.44. The van der Waals surface area contributed by atoms with Crippen LogP contribution in [0.25, 0.3) is 0 Å². The lowest BCUT2D eigenvalue weighted by Gasteiger charge is -2.04. The van der Waals surface area contributed by atoms with Crippen molar-refractivity contribution < 1.29 is 9.53 Å². The number of aromatic nitrogens is 1. The molecule has 1 heterocycles. The average Bonchev–Trinajstić information content (AvgIpc) is 2.09. The van der Waals surface area contributed by atoms with Crippen molar-refractivity contribution in [3.05, 3.63) is 30.5 Å². The van der Waals surface area contributed by atoms with Crippen molar-refractivity contribution in [2.45, 2.75) is 6.92 Å². The van der Waals surface area contributed by atoms with Gasteiger partial charge in [0, 0.05) is 6.08 Å². The van der Waals surface area contributed by atoms with Gasteiger partial charge < -0.3 is 10.5 Å². The summed E-state index contributed by atoms with van der Waals surface area (Å²) in [4.78, 5) is 14.7. The Hall–Kier alpha value is -1.84. The van der Waals surface area contributed by atoms with Crippen molar-refractivity contribution in [3.63, 3.8) is 0 Å². The maximum atomic E-state index is 10.8. The average molecular weight is 178 g/mol. The van der Waals surface area contributed by atoms with Gasteiger partial charge in [-0.15, -0.1) is 0 Å². The van der Waals surface area contributed by atoms with E-state index in [2.05, 4.69) is 11.6 Å². The summed E-state index contributed by atoms with van der Waals surface area (Å²) in [6.07, 6.45) is 1.09. The smallest absolute Gasteiger partial charge is 0.335 e. The largest absolute Gasteiger partial charge is 0.421 e. The van der Waals surface area contributed by atoms with Gasteiger partial charge in [-0.05, 0) is 19.1 Å². The minimum absolute atomic E-state index is 0.399. The molecule has 0 unspecified atom stereocenters. The maximum absolute atomic E-state index is 10.8. The molecule has 0 atom stereocenters. The number of carbonyl (C=O) groups excluding carboxylic acids is 1. The molecule has 0 spiro atoms. The van der Waals surface area contributed by atoms with E-state index < -0.39 is 5.97 Å². The van der Waals surface area contributed by atoms with E-state index in [0.717, 1.165) is 6.08 Å². The number of ether oxygens (including phenoxy) is 1. The Bertz CT molecular complexity index is 347. The summed E-state index contributed by atoms with van der Waals surface area (Å²) >= 11 is 0. The molecular formula is C9H10N2O2. The molecule has 4 heteroatoms. The van der Waals surface area contributed by atoms with Gasteiger partial charge in [-0.1, -0.05) is 6.58 Å². The highest BCUT2D eigenvalue weighted by Gasteiger charge is 2.04. The lowest BCUT2D eigenvalue weighted by atomic mass is 10.3. The van der Waals surface area contributed by atoms with Crippen LogP contribution in [0.2, 0.25) is 0 Å². The number of hydrogen-bond acceptors (Lipinski definition) is 4. The van der Waals surface area contributed by atoms with Crippen molar-refractivity contribution in [1.29, 1.82) is 0 Å². The van der Waals surface area contributed by atoms with Gasteiger partial charge in [-0.2, -0.15) is 0 Å². The van der Waals surface area contributed by atoms with Gasteiger partial charge in [0.25, 0.3) is 0 Å². The molecule has 0 amide bonds. The highest BCUT2D eigenvalue weighted by Crippen LogP contribution is 2.16. The number of carbonyl (C=O) groups is 1. The molecule has 0 aliphatic rings. The molecule has 0 saturated heterocycles. The van der Waals surface area contributed by atoms with E-state index in [0.29, 0.717) is 17.3 Å². The topological polar surface area (TPSA) is 65.2 Å². The Balaban J connectivity index is 2.89. The van der Waals surface area contributed by atoms with Crippen molar-refractivity contribution in [2.24, 2.45) is 0 Å². The molecule has 0 aliphatic heterocycles. The first-order chi connectivity index (χ1) is 6.13. The third-order valence-corrected chi connectivity index (χ3v) is 1.44. The standard InChI is InChI=1S/C9H10N2O2/c1-3-9(12)13-7-4-5-8(10)11-6(7)2/h3-5H,1H2,2H3,(H2,10,11). The number of nitrogen functional groups attached to an aromatic ring is 1. The lowest BCUT2D eigenvalue weighted by Crippen LogP contribution is -2.05. The summed E-state index contributed by atoms with van der Waals surface area (Å²) in [6, 6.07) is 3.16. The number of hydrogen-bond donors (Lipinski definition) is 1. The Morgan fingerprint density at radius 1 is 1.69 bits per heavy atom. The Morgan fingerprint density at radius 2 is 2.38 bits per heavy atom. The molecule has 13 heavy (non-hydrogen) atoms. The second-order valence-electron chi connectivity index (χ2n) is 2.44. The van der Waals surface area contributed by atoms with Gasteiger partial charge in [0.05, 0.1) is 5.69 Å². The van der Waals surface area contributed by atoms with E-state index in [1.165, 1.54) is 0 Å².